The number of hydrogen-bond acceptors (Lipinski definition) is 5. The van der Waals surface area contributed by atoms with E-state index in [1.807, 2.05) is 34.1 Å². The molecule has 24 heavy (non-hydrogen) atoms. The fourth-order valence-electron chi connectivity index (χ4n) is 2.68. The molecule has 8 heteroatoms. The number of piperazine rings is 1. The fraction of sp³-hybridized carbons (Fsp3) is 0.312. The number of anilines is 2. The van der Waals surface area contributed by atoms with Gasteiger partial charge in [0.2, 0.25) is 5.91 Å². The standard InChI is InChI=1S/C16H17Cl2N5O/c1-19-14-15(18)20-10-21-16(14)23-7-6-22(13(24)9-23)8-11-2-4-12(17)5-3-11/h2-5,10,19H,6-9H2,1H3. The minimum atomic E-state index is 0.0491. The second-order valence-corrected chi connectivity index (χ2v) is 6.27. The predicted molar refractivity (Wildman–Crippen MR) is 95.7 cm³/mol. The molecule has 3 rings (SSSR count). The summed E-state index contributed by atoms with van der Waals surface area (Å²) in [5, 5.41) is 4.03. The predicted octanol–water partition coefficient (Wildman–Crippen LogP) is 2.67. The molecule has 1 amide bonds. The van der Waals surface area contributed by atoms with Crippen LogP contribution in [0.15, 0.2) is 30.6 Å². The summed E-state index contributed by atoms with van der Waals surface area (Å²) in [5.74, 6) is 0.699. The lowest BCUT2D eigenvalue weighted by Crippen LogP contribution is -2.50. The topological polar surface area (TPSA) is 61.4 Å². The highest BCUT2D eigenvalue weighted by Gasteiger charge is 2.27. The number of carbonyl (C=O) groups excluding carboxylic acids is 1. The molecule has 0 radical (unpaired) electrons. The van der Waals surface area contributed by atoms with E-state index < -0.39 is 0 Å². The van der Waals surface area contributed by atoms with Crippen molar-refractivity contribution in [3.8, 4) is 0 Å². The van der Waals surface area contributed by atoms with E-state index in [4.69, 9.17) is 23.2 Å². The van der Waals surface area contributed by atoms with Crippen LogP contribution in [0.5, 0.6) is 0 Å². The molecule has 1 aliphatic rings. The Morgan fingerprint density at radius 3 is 2.58 bits per heavy atom. The first-order valence-electron chi connectivity index (χ1n) is 7.54. The van der Waals surface area contributed by atoms with Gasteiger partial charge in [-0.15, -0.1) is 0 Å². The second-order valence-electron chi connectivity index (χ2n) is 5.48. The van der Waals surface area contributed by atoms with Gasteiger partial charge in [-0.25, -0.2) is 9.97 Å². The molecule has 6 nitrogen and oxygen atoms in total. The third kappa shape index (κ3) is 3.55. The molecule has 1 fully saturated rings. The summed E-state index contributed by atoms with van der Waals surface area (Å²) in [4.78, 5) is 24.5. The molecule has 0 bridgehead atoms. The van der Waals surface area contributed by atoms with Crippen LogP contribution in [0.2, 0.25) is 10.2 Å². The van der Waals surface area contributed by atoms with Gasteiger partial charge < -0.3 is 15.1 Å². The number of aromatic nitrogens is 2. The van der Waals surface area contributed by atoms with Crippen LogP contribution in [0.1, 0.15) is 5.56 Å². The Kier molecular flexibility index (Phi) is 5.06. The molecule has 1 aliphatic heterocycles. The average Bonchev–Trinajstić information content (AvgIpc) is 2.58. The van der Waals surface area contributed by atoms with Gasteiger partial charge in [0.1, 0.15) is 12.0 Å². The van der Waals surface area contributed by atoms with Crippen LogP contribution in [0.4, 0.5) is 11.5 Å². The number of amides is 1. The molecule has 0 spiro atoms. The molecule has 1 N–H and O–H groups in total. The smallest absolute Gasteiger partial charge is 0.242 e. The van der Waals surface area contributed by atoms with Crippen molar-refractivity contribution in [1.82, 2.24) is 14.9 Å². The van der Waals surface area contributed by atoms with Crippen LogP contribution in [0.25, 0.3) is 0 Å². The highest BCUT2D eigenvalue weighted by molar-refractivity contribution is 6.32. The Morgan fingerprint density at radius 2 is 1.92 bits per heavy atom. The number of benzene rings is 1. The maximum absolute atomic E-state index is 12.5. The summed E-state index contributed by atoms with van der Waals surface area (Å²) in [6.07, 6.45) is 1.41. The van der Waals surface area contributed by atoms with Crippen molar-refractivity contribution in [1.29, 1.82) is 0 Å². The minimum Gasteiger partial charge on any atom is -0.383 e. The number of nitrogens with one attached hydrogen (secondary N) is 1. The summed E-state index contributed by atoms with van der Waals surface area (Å²) >= 11 is 12.0. The minimum absolute atomic E-state index is 0.0491. The van der Waals surface area contributed by atoms with Crippen LogP contribution in [-0.2, 0) is 11.3 Å². The van der Waals surface area contributed by atoms with E-state index in [0.29, 0.717) is 41.3 Å². The molecule has 0 unspecified atom stereocenters. The van der Waals surface area contributed by atoms with Crippen LogP contribution >= 0.6 is 23.2 Å². The van der Waals surface area contributed by atoms with E-state index in [2.05, 4.69) is 15.3 Å². The van der Waals surface area contributed by atoms with Gasteiger partial charge in [-0.1, -0.05) is 35.3 Å². The first-order chi connectivity index (χ1) is 11.6. The van der Waals surface area contributed by atoms with Gasteiger partial charge >= 0.3 is 0 Å². The van der Waals surface area contributed by atoms with Crippen molar-refractivity contribution in [3.63, 3.8) is 0 Å². The van der Waals surface area contributed by atoms with Crippen molar-refractivity contribution in [3.05, 3.63) is 46.3 Å². The van der Waals surface area contributed by atoms with Crippen molar-refractivity contribution in [2.24, 2.45) is 0 Å². The van der Waals surface area contributed by atoms with Gasteiger partial charge in [0, 0.05) is 31.7 Å². The lowest BCUT2D eigenvalue weighted by molar-refractivity contribution is -0.131. The highest BCUT2D eigenvalue weighted by atomic mass is 35.5. The SMILES string of the molecule is CNc1c(Cl)ncnc1N1CCN(Cc2ccc(Cl)cc2)C(=O)C1. The number of rotatable bonds is 4. The molecule has 0 saturated carbocycles. The molecule has 1 aromatic heterocycles. The maximum atomic E-state index is 12.5. The summed E-state index contributed by atoms with van der Waals surface area (Å²) < 4.78 is 0. The molecule has 1 aromatic carbocycles. The van der Waals surface area contributed by atoms with Crippen molar-refractivity contribution in [2.75, 3.05) is 36.9 Å². The lowest BCUT2D eigenvalue weighted by atomic mass is 10.2. The molecule has 0 aliphatic carbocycles. The summed E-state index contributed by atoms with van der Waals surface area (Å²) in [6, 6.07) is 7.54. The maximum Gasteiger partial charge on any atom is 0.242 e. The van der Waals surface area contributed by atoms with Crippen molar-refractivity contribution in [2.45, 2.75) is 6.54 Å². The molecular weight excluding hydrogens is 349 g/mol. The van der Waals surface area contributed by atoms with E-state index in [-0.39, 0.29) is 12.5 Å². The van der Waals surface area contributed by atoms with Gasteiger partial charge in [0.05, 0.1) is 6.54 Å². The quantitative estimate of drug-likeness (QED) is 0.843. The van der Waals surface area contributed by atoms with E-state index in [1.165, 1.54) is 6.33 Å². The van der Waals surface area contributed by atoms with Crippen LogP contribution in [0, 0.1) is 0 Å². The average molecular weight is 366 g/mol. The number of nitrogens with zero attached hydrogens (tertiary/aromatic N) is 4. The van der Waals surface area contributed by atoms with E-state index in [1.54, 1.807) is 7.05 Å². The molecule has 2 heterocycles. The molecule has 2 aromatic rings. The summed E-state index contributed by atoms with van der Waals surface area (Å²) in [7, 11) is 1.76. The van der Waals surface area contributed by atoms with E-state index >= 15 is 0 Å². The number of halogens is 2. The first-order valence-corrected chi connectivity index (χ1v) is 8.29. The van der Waals surface area contributed by atoms with E-state index in [0.717, 1.165) is 5.56 Å². The summed E-state index contributed by atoms with van der Waals surface area (Å²) in [6.45, 7) is 2.14. The Labute approximate surface area is 150 Å². The molecular formula is C16H17Cl2N5O. The van der Waals surface area contributed by atoms with Gasteiger partial charge in [0.25, 0.3) is 0 Å². The van der Waals surface area contributed by atoms with Crippen molar-refractivity contribution >= 4 is 40.6 Å². The van der Waals surface area contributed by atoms with Crippen LogP contribution in [0.3, 0.4) is 0 Å². The zero-order valence-corrected chi connectivity index (χ0v) is 14.7. The van der Waals surface area contributed by atoms with Gasteiger partial charge in [-0.3, -0.25) is 4.79 Å². The first kappa shape index (κ1) is 16.8. The van der Waals surface area contributed by atoms with Crippen LogP contribution in [-0.4, -0.2) is 47.5 Å². The molecule has 126 valence electrons. The molecule has 0 atom stereocenters. The largest absolute Gasteiger partial charge is 0.383 e. The molecule has 1 saturated heterocycles. The Balaban J connectivity index is 1.70. The Hall–Kier alpha value is -2.05. The van der Waals surface area contributed by atoms with Gasteiger partial charge in [-0.05, 0) is 17.7 Å². The lowest BCUT2D eigenvalue weighted by Gasteiger charge is -2.35. The third-order valence-electron chi connectivity index (χ3n) is 3.94. The van der Waals surface area contributed by atoms with Crippen LogP contribution < -0.4 is 10.2 Å². The zero-order valence-electron chi connectivity index (χ0n) is 13.2. The number of carbonyl (C=O) groups is 1. The van der Waals surface area contributed by atoms with Gasteiger partial charge in [0.15, 0.2) is 11.0 Å². The zero-order chi connectivity index (χ0) is 17.1. The Morgan fingerprint density at radius 1 is 1.17 bits per heavy atom. The van der Waals surface area contributed by atoms with E-state index in [9.17, 15) is 4.79 Å². The normalized spacial score (nSPS) is 14.9. The Bertz CT molecular complexity index is 738. The fourth-order valence-corrected chi connectivity index (χ4v) is 3.03. The number of hydrogen-bond donors (Lipinski definition) is 1. The summed E-state index contributed by atoms with van der Waals surface area (Å²) in [5.41, 5.74) is 1.69. The van der Waals surface area contributed by atoms with Crippen molar-refractivity contribution < 1.29 is 4.79 Å². The monoisotopic (exact) mass is 365 g/mol. The second kappa shape index (κ2) is 7.23. The highest BCUT2D eigenvalue weighted by Crippen LogP contribution is 2.29. The van der Waals surface area contributed by atoms with Gasteiger partial charge in [-0.2, -0.15) is 0 Å². The third-order valence-corrected chi connectivity index (χ3v) is 4.47.